The molecule has 3 rings (SSSR count). The number of hydrogen-bond acceptors (Lipinski definition) is 3. The van der Waals surface area contributed by atoms with Crippen LogP contribution in [0.3, 0.4) is 0 Å². The maximum absolute atomic E-state index is 12.1. The van der Waals surface area contributed by atoms with E-state index in [1.165, 1.54) is 0 Å². The Bertz CT molecular complexity index is 634. The van der Waals surface area contributed by atoms with Crippen molar-refractivity contribution in [1.82, 2.24) is 4.90 Å². The van der Waals surface area contributed by atoms with Crippen molar-refractivity contribution in [2.45, 2.75) is 38.9 Å². The van der Waals surface area contributed by atoms with Gasteiger partial charge in [-0.2, -0.15) is 0 Å². The lowest BCUT2D eigenvalue weighted by molar-refractivity contribution is 0.00578. The van der Waals surface area contributed by atoms with Crippen molar-refractivity contribution in [2.24, 2.45) is 0 Å². The number of benzene rings is 1. The highest BCUT2D eigenvalue weighted by molar-refractivity contribution is 6.62. The molecule has 1 aromatic carbocycles. The van der Waals surface area contributed by atoms with E-state index in [4.69, 9.17) is 20.9 Å². The zero-order valence-electron chi connectivity index (χ0n) is 14.2. The summed E-state index contributed by atoms with van der Waals surface area (Å²) in [7, 11) is 1.33. The van der Waals surface area contributed by atoms with E-state index in [-0.39, 0.29) is 6.03 Å². The zero-order chi connectivity index (χ0) is 17.0. The first-order chi connectivity index (χ1) is 10.6. The summed E-state index contributed by atoms with van der Waals surface area (Å²) in [6.45, 7) is 9.41. The summed E-state index contributed by atoms with van der Waals surface area (Å²) in [5, 5.41) is 0.529. The van der Waals surface area contributed by atoms with Gasteiger partial charge >= 0.3 is 13.1 Å². The van der Waals surface area contributed by atoms with Crippen LogP contribution >= 0.6 is 11.6 Å². The third-order valence-electron chi connectivity index (χ3n) is 5.00. The molecule has 0 aliphatic carbocycles. The minimum Gasteiger partial charge on any atom is -0.399 e. The van der Waals surface area contributed by atoms with Crippen LogP contribution < -0.4 is 10.4 Å². The monoisotopic (exact) mass is 336 g/mol. The van der Waals surface area contributed by atoms with Gasteiger partial charge in [0.15, 0.2) is 0 Å². The summed E-state index contributed by atoms with van der Waals surface area (Å²) in [5.74, 6) is 0. The average molecular weight is 337 g/mol. The van der Waals surface area contributed by atoms with Gasteiger partial charge in [0, 0.05) is 20.1 Å². The second-order valence-corrected chi connectivity index (χ2v) is 7.56. The van der Waals surface area contributed by atoms with Crippen LogP contribution in [-0.4, -0.2) is 49.4 Å². The fourth-order valence-electron chi connectivity index (χ4n) is 2.74. The van der Waals surface area contributed by atoms with Crippen LogP contribution in [0.5, 0.6) is 0 Å². The lowest BCUT2D eigenvalue weighted by Crippen LogP contribution is -2.41. The van der Waals surface area contributed by atoms with E-state index >= 15 is 0 Å². The molecule has 0 bridgehead atoms. The van der Waals surface area contributed by atoms with Gasteiger partial charge < -0.3 is 14.2 Å². The van der Waals surface area contributed by atoms with Crippen LogP contribution in [0.2, 0.25) is 5.02 Å². The van der Waals surface area contributed by atoms with E-state index in [9.17, 15) is 4.79 Å². The maximum Gasteiger partial charge on any atom is 0.494 e. The lowest BCUT2D eigenvalue weighted by Gasteiger charge is -2.32. The standard InChI is InChI=1S/C16H22BClN2O3/c1-15(2)16(3,4)23-17(22-15)11-6-7-13(12(18)10-11)20-9-8-19(5)14(20)21/h6-7,10H,8-9H2,1-5H3. The third-order valence-corrected chi connectivity index (χ3v) is 5.31. The van der Waals surface area contributed by atoms with Crippen molar-refractivity contribution in [3.63, 3.8) is 0 Å². The topological polar surface area (TPSA) is 42.0 Å². The summed E-state index contributed by atoms with van der Waals surface area (Å²) in [5.41, 5.74) is 0.797. The van der Waals surface area contributed by atoms with Gasteiger partial charge in [-0.25, -0.2) is 4.79 Å². The van der Waals surface area contributed by atoms with Gasteiger partial charge in [0.05, 0.1) is 21.9 Å². The second kappa shape index (κ2) is 5.40. The number of likely N-dealkylation sites (N-methyl/N-ethyl adjacent to an activating group) is 1. The van der Waals surface area contributed by atoms with Gasteiger partial charge in [-0.05, 0) is 45.3 Å². The Morgan fingerprint density at radius 1 is 1.13 bits per heavy atom. The summed E-state index contributed by atoms with van der Waals surface area (Å²) in [6, 6.07) is 5.56. The van der Waals surface area contributed by atoms with E-state index in [0.29, 0.717) is 18.1 Å². The first-order valence-electron chi connectivity index (χ1n) is 7.80. The van der Waals surface area contributed by atoms with Crippen molar-refractivity contribution in [3.05, 3.63) is 23.2 Å². The average Bonchev–Trinajstić information content (AvgIpc) is 2.88. The Morgan fingerprint density at radius 2 is 1.74 bits per heavy atom. The molecule has 0 saturated carbocycles. The molecule has 0 atom stereocenters. The van der Waals surface area contributed by atoms with Crippen LogP contribution in [0.15, 0.2) is 18.2 Å². The van der Waals surface area contributed by atoms with Crippen molar-refractivity contribution in [3.8, 4) is 0 Å². The molecule has 2 saturated heterocycles. The molecule has 1 aromatic rings. The van der Waals surface area contributed by atoms with Gasteiger partial charge in [0.25, 0.3) is 0 Å². The SMILES string of the molecule is CN1CCN(c2ccc(B3OC(C)(C)C(C)(C)O3)cc2Cl)C1=O. The summed E-state index contributed by atoms with van der Waals surface area (Å²) in [4.78, 5) is 15.5. The third kappa shape index (κ3) is 2.73. The molecule has 5 nitrogen and oxygen atoms in total. The molecule has 2 heterocycles. The van der Waals surface area contributed by atoms with Gasteiger partial charge in [-0.15, -0.1) is 0 Å². The predicted molar refractivity (Wildman–Crippen MR) is 92.5 cm³/mol. The normalized spacial score (nSPS) is 23.0. The molecule has 0 unspecified atom stereocenters. The molecule has 7 heteroatoms. The molecule has 0 radical (unpaired) electrons. The second-order valence-electron chi connectivity index (χ2n) is 7.15. The van der Waals surface area contributed by atoms with Crippen molar-refractivity contribution >= 4 is 35.9 Å². The highest BCUT2D eigenvalue weighted by atomic mass is 35.5. The van der Waals surface area contributed by atoms with Gasteiger partial charge in [0.2, 0.25) is 0 Å². The van der Waals surface area contributed by atoms with Gasteiger partial charge in [0.1, 0.15) is 0 Å². The molecule has 2 aliphatic heterocycles. The molecule has 0 spiro atoms. The van der Waals surface area contributed by atoms with Gasteiger partial charge in [-0.3, -0.25) is 4.90 Å². The summed E-state index contributed by atoms with van der Waals surface area (Å²) in [6.07, 6.45) is 0. The fourth-order valence-corrected chi connectivity index (χ4v) is 3.03. The van der Waals surface area contributed by atoms with Crippen LogP contribution in [0.25, 0.3) is 0 Å². The molecule has 2 fully saturated rings. The number of amides is 2. The Morgan fingerprint density at radius 3 is 2.22 bits per heavy atom. The summed E-state index contributed by atoms with van der Waals surface area (Å²) < 4.78 is 12.1. The van der Waals surface area contributed by atoms with Crippen molar-refractivity contribution < 1.29 is 14.1 Å². The van der Waals surface area contributed by atoms with E-state index < -0.39 is 18.3 Å². The molecule has 0 N–H and O–H groups in total. The van der Waals surface area contributed by atoms with E-state index in [1.54, 1.807) is 16.8 Å². The molecular formula is C16H22BClN2O3. The lowest BCUT2D eigenvalue weighted by atomic mass is 9.79. The first-order valence-corrected chi connectivity index (χ1v) is 8.18. The molecule has 2 amide bonds. The van der Waals surface area contributed by atoms with E-state index in [2.05, 4.69) is 0 Å². The number of carbonyl (C=O) groups is 1. The number of carbonyl (C=O) groups excluding carboxylic acids is 1. The van der Waals surface area contributed by atoms with Crippen molar-refractivity contribution in [2.75, 3.05) is 25.0 Å². The minimum absolute atomic E-state index is 0.0321. The smallest absolute Gasteiger partial charge is 0.399 e. The number of anilines is 1. The highest BCUT2D eigenvalue weighted by Crippen LogP contribution is 2.37. The first kappa shape index (κ1) is 16.6. The maximum atomic E-state index is 12.1. The van der Waals surface area contributed by atoms with Crippen LogP contribution in [0.1, 0.15) is 27.7 Å². The molecule has 2 aliphatic rings. The van der Waals surface area contributed by atoms with Crippen LogP contribution in [0, 0.1) is 0 Å². The Labute approximate surface area is 142 Å². The number of halogens is 1. The Hall–Kier alpha value is -1.24. The number of hydrogen-bond donors (Lipinski definition) is 0. The number of nitrogens with zero attached hydrogens (tertiary/aromatic N) is 2. The van der Waals surface area contributed by atoms with Crippen LogP contribution in [0.4, 0.5) is 10.5 Å². The van der Waals surface area contributed by atoms with E-state index in [0.717, 1.165) is 11.2 Å². The summed E-state index contributed by atoms with van der Waals surface area (Å²) >= 11 is 6.42. The zero-order valence-corrected chi connectivity index (χ0v) is 15.0. The molecular weight excluding hydrogens is 314 g/mol. The van der Waals surface area contributed by atoms with Gasteiger partial charge in [-0.1, -0.05) is 17.7 Å². The Kier molecular flexibility index (Phi) is 3.90. The van der Waals surface area contributed by atoms with Crippen molar-refractivity contribution in [1.29, 1.82) is 0 Å². The fraction of sp³-hybridized carbons (Fsp3) is 0.562. The quantitative estimate of drug-likeness (QED) is 0.779. The highest BCUT2D eigenvalue weighted by Gasteiger charge is 2.51. The van der Waals surface area contributed by atoms with Crippen LogP contribution in [-0.2, 0) is 9.31 Å². The van der Waals surface area contributed by atoms with E-state index in [1.807, 2.05) is 45.9 Å². The molecule has 23 heavy (non-hydrogen) atoms. The number of urea groups is 1. The molecule has 0 aromatic heterocycles. The number of rotatable bonds is 2. The predicted octanol–water partition coefficient (Wildman–Crippen LogP) is 2.51. The minimum atomic E-state index is -0.455. The Balaban J connectivity index is 1.85. The molecule has 124 valence electrons. The largest absolute Gasteiger partial charge is 0.494 e.